The molecule has 0 bridgehead atoms. The van der Waals surface area contributed by atoms with Gasteiger partial charge in [-0.05, 0) is 18.8 Å². The van der Waals surface area contributed by atoms with Crippen LogP contribution >= 0.6 is 0 Å². The Labute approximate surface area is 91.7 Å². The first-order valence-electron chi connectivity index (χ1n) is 5.82. The molecular formula is C11H25NOS. The van der Waals surface area contributed by atoms with Crippen LogP contribution in [0.3, 0.4) is 0 Å². The highest BCUT2D eigenvalue weighted by atomic mass is 32.2. The fourth-order valence-electron chi connectivity index (χ4n) is 1.86. The number of hydrogen-bond acceptors (Lipinski definition) is 1. The highest BCUT2D eigenvalue weighted by Gasteiger charge is 2.19. The van der Waals surface area contributed by atoms with Gasteiger partial charge in [-0.2, -0.15) is 0 Å². The van der Waals surface area contributed by atoms with Crippen LogP contribution in [-0.4, -0.2) is 27.9 Å². The van der Waals surface area contributed by atoms with Gasteiger partial charge in [0.15, 0.2) is 0 Å². The molecule has 0 aromatic heterocycles. The van der Waals surface area contributed by atoms with Gasteiger partial charge in [0.25, 0.3) is 0 Å². The Morgan fingerprint density at radius 1 is 1.29 bits per heavy atom. The molecule has 1 fully saturated rings. The molecular weight excluding hydrogens is 194 g/mol. The molecule has 0 amide bonds. The highest BCUT2D eigenvalue weighted by Crippen LogP contribution is 2.21. The summed E-state index contributed by atoms with van der Waals surface area (Å²) in [5, 5.41) is 0. The Bertz CT molecular complexity index is 153. The van der Waals surface area contributed by atoms with Crippen molar-refractivity contribution in [3.63, 3.8) is 0 Å². The van der Waals surface area contributed by atoms with Crippen molar-refractivity contribution in [3.8, 4) is 0 Å². The summed E-state index contributed by atoms with van der Waals surface area (Å²) in [5.74, 6) is 0.898. The van der Waals surface area contributed by atoms with Crippen molar-refractivity contribution in [2.24, 2.45) is 5.92 Å². The molecule has 0 aromatic carbocycles. The first kappa shape index (κ1) is 14.1. The second kappa shape index (κ2) is 8.42. The Balaban J connectivity index is 0.000000791. The largest absolute Gasteiger partial charge is 0.243 e. The van der Waals surface area contributed by atoms with Crippen molar-refractivity contribution in [1.29, 1.82) is 0 Å². The maximum absolute atomic E-state index is 11.1. The predicted octanol–water partition coefficient (Wildman–Crippen LogP) is 2.82. The Hall–Kier alpha value is 0.110. The molecule has 1 rings (SSSR count). The van der Waals surface area contributed by atoms with Crippen LogP contribution < -0.4 is 0 Å². The van der Waals surface area contributed by atoms with Gasteiger partial charge in [0.1, 0.15) is 0 Å². The Kier molecular flexibility index (Phi) is 8.49. The van der Waals surface area contributed by atoms with E-state index in [1.807, 2.05) is 13.8 Å². The van der Waals surface area contributed by atoms with Crippen LogP contribution in [0, 0.1) is 5.92 Å². The second-order valence-electron chi connectivity index (χ2n) is 3.58. The van der Waals surface area contributed by atoms with Crippen LogP contribution in [0.15, 0.2) is 0 Å². The molecule has 0 aromatic rings. The van der Waals surface area contributed by atoms with Gasteiger partial charge in [0, 0.05) is 19.3 Å². The number of hydrogen-bond donors (Lipinski definition) is 0. The average molecular weight is 219 g/mol. The van der Waals surface area contributed by atoms with Crippen LogP contribution in [0.1, 0.15) is 46.5 Å². The van der Waals surface area contributed by atoms with E-state index in [2.05, 4.69) is 11.2 Å². The summed E-state index contributed by atoms with van der Waals surface area (Å²) in [6.45, 7) is 8.31. The monoisotopic (exact) mass is 219 g/mol. The fourth-order valence-corrected chi connectivity index (χ4v) is 2.59. The summed E-state index contributed by atoms with van der Waals surface area (Å²) < 4.78 is 13.2. The standard InChI is InChI=1S/C9H19NOS.C2H6/c1-3-4-9-5-7-10(8-6-9)12(2)11;1-2/h9H,3-8H2,1-2H3;1-2H3. The molecule has 0 N–H and O–H groups in total. The SMILES string of the molecule is CC.CCCC1CCN(S(C)=O)CC1. The smallest absolute Gasteiger partial charge is 0.0910 e. The molecule has 3 heteroatoms. The summed E-state index contributed by atoms with van der Waals surface area (Å²) in [5.41, 5.74) is 0. The van der Waals surface area contributed by atoms with E-state index >= 15 is 0 Å². The fraction of sp³-hybridized carbons (Fsp3) is 1.00. The molecule has 86 valence electrons. The minimum absolute atomic E-state index is 0.738. The lowest BCUT2D eigenvalue weighted by molar-refractivity contribution is 0.271. The molecule has 1 atom stereocenters. The normalized spacial score (nSPS) is 21.1. The summed E-state index contributed by atoms with van der Waals surface area (Å²) in [6, 6.07) is 0. The summed E-state index contributed by atoms with van der Waals surface area (Å²) in [6.07, 6.45) is 6.91. The van der Waals surface area contributed by atoms with Crippen LogP contribution in [0.25, 0.3) is 0 Å². The molecule has 1 unspecified atom stereocenters. The van der Waals surface area contributed by atoms with E-state index in [0.29, 0.717) is 0 Å². The van der Waals surface area contributed by atoms with E-state index in [9.17, 15) is 4.21 Å². The van der Waals surface area contributed by atoms with Gasteiger partial charge in [-0.3, -0.25) is 0 Å². The van der Waals surface area contributed by atoms with Crippen LogP contribution in [0.4, 0.5) is 0 Å². The number of piperidine rings is 1. The van der Waals surface area contributed by atoms with Crippen LogP contribution in [0.2, 0.25) is 0 Å². The third-order valence-electron chi connectivity index (χ3n) is 2.63. The van der Waals surface area contributed by atoms with Crippen molar-refractivity contribution in [1.82, 2.24) is 4.31 Å². The summed E-state index contributed by atoms with van der Waals surface area (Å²) >= 11 is 0. The van der Waals surface area contributed by atoms with Crippen molar-refractivity contribution in [3.05, 3.63) is 0 Å². The van der Waals surface area contributed by atoms with E-state index in [-0.39, 0.29) is 0 Å². The molecule has 0 aliphatic carbocycles. The zero-order chi connectivity index (χ0) is 11.0. The van der Waals surface area contributed by atoms with Gasteiger partial charge in [0.05, 0.1) is 11.0 Å². The summed E-state index contributed by atoms with van der Waals surface area (Å²) in [7, 11) is -0.738. The molecule has 1 aliphatic rings. The van der Waals surface area contributed by atoms with Gasteiger partial charge < -0.3 is 0 Å². The van der Waals surface area contributed by atoms with Crippen molar-refractivity contribution in [2.75, 3.05) is 19.3 Å². The zero-order valence-corrected chi connectivity index (χ0v) is 10.9. The van der Waals surface area contributed by atoms with E-state index < -0.39 is 11.0 Å². The van der Waals surface area contributed by atoms with Gasteiger partial charge in [-0.1, -0.05) is 33.6 Å². The molecule has 14 heavy (non-hydrogen) atoms. The molecule has 0 radical (unpaired) electrons. The maximum Gasteiger partial charge on any atom is 0.0910 e. The lowest BCUT2D eigenvalue weighted by Gasteiger charge is -2.29. The van der Waals surface area contributed by atoms with E-state index in [1.165, 1.54) is 25.7 Å². The summed E-state index contributed by atoms with van der Waals surface area (Å²) in [4.78, 5) is 0. The van der Waals surface area contributed by atoms with E-state index in [1.54, 1.807) is 6.26 Å². The van der Waals surface area contributed by atoms with Crippen LogP contribution in [-0.2, 0) is 11.0 Å². The zero-order valence-electron chi connectivity index (χ0n) is 10.1. The highest BCUT2D eigenvalue weighted by molar-refractivity contribution is 7.81. The molecule has 0 spiro atoms. The lowest BCUT2D eigenvalue weighted by atomic mass is 9.94. The van der Waals surface area contributed by atoms with Crippen molar-refractivity contribution >= 4 is 11.0 Å². The van der Waals surface area contributed by atoms with Gasteiger partial charge in [-0.15, -0.1) is 0 Å². The van der Waals surface area contributed by atoms with Gasteiger partial charge >= 0.3 is 0 Å². The van der Waals surface area contributed by atoms with E-state index in [0.717, 1.165) is 19.0 Å². The minimum atomic E-state index is -0.738. The third-order valence-corrected chi connectivity index (χ3v) is 3.73. The number of rotatable bonds is 3. The Morgan fingerprint density at radius 3 is 2.14 bits per heavy atom. The first-order valence-corrected chi connectivity index (χ1v) is 7.34. The topological polar surface area (TPSA) is 20.3 Å². The first-order chi connectivity index (χ1) is 6.74. The van der Waals surface area contributed by atoms with Crippen molar-refractivity contribution in [2.45, 2.75) is 46.5 Å². The molecule has 1 aliphatic heterocycles. The third kappa shape index (κ3) is 5.11. The van der Waals surface area contributed by atoms with Gasteiger partial charge in [0.2, 0.25) is 0 Å². The maximum atomic E-state index is 11.1. The lowest BCUT2D eigenvalue weighted by Crippen LogP contribution is -2.34. The molecule has 1 heterocycles. The second-order valence-corrected chi connectivity index (χ2v) is 4.95. The number of nitrogens with zero attached hydrogens (tertiary/aromatic N) is 1. The van der Waals surface area contributed by atoms with Gasteiger partial charge in [-0.25, -0.2) is 8.51 Å². The molecule has 1 saturated heterocycles. The van der Waals surface area contributed by atoms with Crippen molar-refractivity contribution < 1.29 is 4.21 Å². The quantitative estimate of drug-likeness (QED) is 0.715. The molecule has 0 saturated carbocycles. The minimum Gasteiger partial charge on any atom is -0.243 e. The van der Waals surface area contributed by atoms with E-state index in [4.69, 9.17) is 0 Å². The molecule has 2 nitrogen and oxygen atoms in total. The average Bonchev–Trinajstić information content (AvgIpc) is 2.22. The Morgan fingerprint density at radius 2 is 1.79 bits per heavy atom. The predicted molar refractivity (Wildman–Crippen MR) is 64.6 cm³/mol. The van der Waals surface area contributed by atoms with Crippen LogP contribution in [0.5, 0.6) is 0 Å².